The predicted octanol–water partition coefficient (Wildman–Crippen LogP) is 4.95. The molecule has 0 N–H and O–H groups in total. The van der Waals surface area contributed by atoms with Crippen LogP contribution in [-0.4, -0.2) is 4.98 Å². The van der Waals surface area contributed by atoms with Gasteiger partial charge in [0.15, 0.2) is 0 Å². The smallest absolute Gasteiger partial charge is 0.248 e. The van der Waals surface area contributed by atoms with Crippen LogP contribution in [0.3, 0.4) is 0 Å². The van der Waals surface area contributed by atoms with Gasteiger partial charge < -0.3 is 0 Å². The molecule has 0 aromatic carbocycles. The molecular formula is C13H20F3N. The number of hydrogen-bond acceptors (Lipinski definition) is 1. The van der Waals surface area contributed by atoms with Crippen molar-refractivity contribution in [2.45, 2.75) is 53.1 Å². The summed E-state index contributed by atoms with van der Waals surface area (Å²) >= 11 is 0. The van der Waals surface area contributed by atoms with Gasteiger partial charge in [-0.05, 0) is 24.5 Å². The summed E-state index contributed by atoms with van der Waals surface area (Å²) in [5.74, 6) is -0.167. The Morgan fingerprint density at radius 2 is 1.65 bits per heavy atom. The second-order valence-electron chi connectivity index (χ2n) is 4.25. The number of aryl methyl sites for hydroxylation is 1. The SMILES string of the molecule is CCC.Cc1ccc(C(C)C)c(C(F)(F)F)n1. The predicted molar refractivity (Wildman–Crippen MR) is 64.0 cm³/mol. The van der Waals surface area contributed by atoms with E-state index in [0.29, 0.717) is 5.69 Å². The van der Waals surface area contributed by atoms with Gasteiger partial charge in [0.2, 0.25) is 0 Å². The lowest BCUT2D eigenvalue weighted by Gasteiger charge is -2.14. The molecule has 1 nitrogen and oxygen atoms in total. The molecule has 0 amide bonds. The summed E-state index contributed by atoms with van der Waals surface area (Å²) in [6, 6.07) is 3.10. The zero-order valence-electron chi connectivity index (χ0n) is 11.0. The molecule has 0 aliphatic rings. The number of halogens is 3. The highest BCUT2D eigenvalue weighted by Crippen LogP contribution is 2.33. The van der Waals surface area contributed by atoms with E-state index >= 15 is 0 Å². The van der Waals surface area contributed by atoms with Gasteiger partial charge in [0, 0.05) is 5.69 Å². The van der Waals surface area contributed by atoms with Crippen molar-refractivity contribution < 1.29 is 13.2 Å². The van der Waals surface area contributed by atoms with Gasteiger partial charge in [-0.25, -0.2) is 4.98 Å². The molecule has 4 heteroatoms. The molecule has 17 heavy (non-hydrogen) atoms. The quantitative estimate of drug-likeness (QED) is 0.684. The topological polar surface area (TPSA) is 12.9 Å². The van der Waals surface area contributed by atoms with Crippen molar-refractivity contribution in [3.63, 3.8) is 0 Å². The normalized spacial score (nSPS) is 11.1. The van der Waals surface area contributed by atoms with Gasteiger partial charge in [-0.15, -0.1) is 0 Å². The summed E-state index contributed by atoms with van der Waals surface area (Å²) in [4.78, 5) is 3.54. The number of aromatic nitrogens is 1. The number of rotatable bonds is 1. The van der Waals surface area contributed by atoms with Crippen LogP contribution < -0.4 is 0 Å². The second-order valence-corrected chi connectivity index (χ2v) is 4.25. The fourth-order valence-corrected chi connectivity index (χ4v) is 1.26. The van der Waals surface area contributed by atoms with Gasteiger partial charge >= 0.3 is 6.18 Å². The Morgan fingerprint density at radius 3 is 2.00 bits per heavy atom. The lowest BCUT2D eigenvalue weighted by molar-refractivity contribution is -0.142. The lowest BCUT2D eigenvalue weighted by Crippen LogP contribution is -2.13. The van der Waals surface area contributed by atoms with Crippen LogP contribution in [0, 0.1) is 6.92 Å². The molecule has 98 valence electrons. The van der Waals surface area contributed by atoms with Gasteiger partial charge in [-0.2, -0.15) is 13.2 Å². The van der Waals surface area contributed by atoms with Gasteiger partial charge in [0.1, 0.15) is 5.69 Å². The van der Waals surface area contributed by atoms with Gasteiger partial charge in [0.25, 0.3) is 0 Å². The molecule has 0 radical (unpaired) electrons. The third-order valence-corrected chi connectivity index (χ3v) is 1.96. The average Bonchev–Trinajstić information content (AvgIpc) is 2.16. The summed E-state index contributed by atoms with van der Waals surface area (Å²) in [5, 5.41) is 0. The summed E-state index contributed by atoms with van der Waals surface area (Å²) < 4.78 is 37.6. The minimum atomic E-state index is -4.36. The lowest BCUT2D eigenvalue weighted by atomic mass is 10.0. The molecular weight excluding hydrogens is 227 g/mol. The largest absolute Gasteiger partial charge is 0.433 e. The van der Waals surface area contributed by atoms with E-state index in [-0.39, 0.29) is 11.5 Å². The van der Waals surface area contributed by atoms with Crippen LogP contribution in [0.5, 0.6) is 0 Å². The summed E-state index contributed by atoms with van der Waals surface area (Å²) in [6.07, 6.45) is -3.11. The minimum absolute atomic E-state index is 0.167. The molecule has 0 saturated heterocycles. The molecule has 1 aromatic heterocycles. The van der Waals surface area contributed by atoms with Gasteiger partial charge in [-0.1, -0.05) is 40.2 Å². The van der Waals surface area contributed by atoms with E-state index in [9.17, 15) is 13.2 Å². The monoisotopic (exact) mass is 247 g/mol. The Hall–Kier alpha value is -1.06. The molecule has 1 heterocycles. The van der Waals surface area contributed by atoms with E-state index in [1.165, 1.54) is 12.5 Å². The highest BCUT2D eigenvalue weighted by atomic mass is 19.4. The molecule has 0 saturated carbocycles. The molecule has 0 bridgehead atoms. The molecule has 0 atom stereocenters. The van der Waals surface area contributed by atoms with E-state index in [4.69, 9.17) is 0 Å². The summed E-state index contributed by atoms with van der Waals surface area (Å²) in [7, 11) is 0. The maximum atomic E-state index is 12.5. The molecule has 1 aromatic rings. The van der Waals surface area contributed by atoms with Crippen molar-refractivity contribution in [1.29, 1.82) is 0 Å². The standard InChI is InChI=1S/C10H12F3N.C3H8/c1-6(2)8-5-4-7(3)14-9(8)10(11,12)13;1-3-2/h4-6H,1-3H3;3H2,1-2H3. The van der Waals surface area contributed by atoms with E-state index in [0.717, 1.165) is 0 Å². The fraction of sp³-hybridized carbons (Fsp3) is 0.615. The molecule has 0 spiro atoms. The Kier molecular flexibility index (Phi) is 6.21. The summed E-state index contributed by atoms with van der Waals surface area (Å²) in [6.45, 7) is 9.25. The van der Waals surface area contributed by atoms with E-state index in [2.05, 4.69) is 18.8 Å². The Balaban J connectivity index is 0.000000770. The zero-order chi connectivity index (χ0) is 13.6. The van der Waals surface area contributed by atoms with Crippen molar-refractivity contribution in [2.75, 3.05) is 0 Å². The third-order valence-electron chi connectivity index (χ3n) is 1.96. The highest BCUT2D eigenvalue weighted by Gasteiger charge is 2.35. The van der Waals surface area contributed by atoms with Gasteiger partial charge in [-0.3, -0.25) is 0 Å². The summed E-state index contributed by atoms with van der Waals surface area (Å²) in [5.41, 5.74) is -0.114. The van der Waals surface area contributed by atoms with Crippen molar-refractivity contribution in [3.8, 4) is 0 Å². The molecule has 0 fully saturated rings. The van der Waals surface area contributed by atoms with Crippen LogP contribution >= 0.6 is 0 Å². The first kappa shape index (κ1) is 15.9. The van der Waals surface area contributed by atoms with E-state index < -0.39 is 11.9 Å². The first-order valence-electron chi connectivity index (χ1n) is 5.78. The molecule has 0 aliphatic carbocycles. The van der Waals surface area contributed by atoms with Crippen molar-refractivity contribution in [2.24, 2.45) is 0 Å². The average molecular weight is 247 g/mol. The van der Waals surface area contributed by atoms with E-state index in [1.54, 1.807) is 26.8 Å². The second kappa shape index (κ2) is 6.62. The van der Waals surface area contributed by atoms with Crippen LogP contribution in [0.15, 0.2) is 12.1 Å². The van der Waals surface area contributed by atoms with Crippen LogP contribution in [0.4, 0.5) is 13.2 Å². The molecule has 0 unspecified atom stereocenters. The first-order chi connectivity index (χ1) is 7.73. The number of hydrogen-bond donors (Lipinski definition) is 0. The Bertz CT molecular complexity index is 343. The fourth-order valence-electron chi connectivity index (χ4n) is 1.26. The van der Waals surface area contributed by atoms with Gasteiger partial charge in [0.05, 0.1) is 0 Å². The first-order valence-corrected chi connectivity index (χ1v) is 5.78. The number of alkyl halides is 3. The Labute approximate surface area is 101 Å². The van der Waals surface area contributed by atoms with Crippen LogP contribution in [-0.2, 0) is 6.18 Å². The van der Waals surface area contributed by atoms with Crippen molar-refractivity contribution in [1.82, 2.24) is 4.98 Å². The minimum Gasteiger partial charge on any atom is -0.248 e. The molecule has 0 aliphatic heterocycles. The van der Waals surface area contributed by atoms with Crippen LogP contribution in [0.1, 0.15) is 57.0 Å². The zero-order valence-corrected chi connectivity index (χ0v) is 11.0. The highest BCUT2D eigenvalue weighted by molar-refractivity contribution is 5.27. The van der Waals surface area contributed by atoms with Crippen LogP contribution in [0.25, 0.3) is 0 Å². The maximum absolute atomic E-state index is 12.5. The van der Waals surface area contributed by atoms with Crippen molar-refractivity contribution >= 4 is 0 Å². The third kappa shape index (κ3) is 5.20. The molecule has 1 rings (SSSR count). The van der Waals surface area contributed by atoms with Crippen LogP contribution in [0.2, 0.25) is 0 Å². The van der Waals surface area contributed by atoms with Crippen molar-refractivity contribution in [3.05, 3.63) is 29.1 Å². The number of pyridine rings is 1. The maximum Gasteiger partial charge on any atom is 0.433 e. The van der Waals surface area contributed by atoms with E-state index in [1.807, 2.05) is 0 Å². The number of nitrogens with zero attached hydrogens (tertiary/aromatic N) is 1. The Morgan fingerprint density at radius 1 is 1.18 bits per heavy atom.